The van der Waals surface area contributed by atoms with E-state index < -0.39 is 6.23 Å². The van der Waals surface area contributed by atoms with Gasteiger partial charge in [0, 0.05) is 7.11 Å². The number of hydrogen-bond donors (Lipinski definition) is 1. The van der Waals surface area contributed by atoms with Crippen molar-refractivity contribution in [2.45, 2.75) is 19.3 Å². The van der Waals surface area contributed by atoms with Crippen LogP contribution in [-0.2, 0) is 4.74 Å². The molecule has 0 saturated carbocycles. The first-order valence-electron chi connectivity index (χ1n) is 4.24. The van der Waals surface area contributed by atoms with E-state index in [1.54, 1.807) is 7.11 Å². The molecule has 2 unspecified atom stereocenters. The molecule has 0 bridgehead atoms. The van der Waals surface area contributed by atoms with Gasteiger partial charge in [-0.15, -0.1) is 0 Å². The van der Waals surface area contributed by atoms with Gasteiger partial charge in [0.05, 0.1) is 0 Å². The van der Waals surface area contributed by atoms with Gasteiger partial charge in [-0.3, -0.25) is 5.73 Å². The second kappa shape index (κ2) is 4.84. The third-order valence-electron chi connectivity index (χ3n) is 1.85. The number of para-hydroxylation sites is 1. The molecule has 13 heavy (non-hydrogen) atoms. The fourth-order valence-corrected chi connectivity index (χ4v) is 0.886. The number of ether oxygens (including phenoxy) is 2. The fourth-order valence-electron chi connectivity index (χ4n) is 0.886. The molecule has 0 aromatic heterocycles. The molecule has 2 N–H and O–H groups in total. The number of rotatable bonds is 4. The van der Waals surface area contributed by atoms with Crippen LogP contribution in [-0.4, -0.2) is 19.4 Å². The summed E-state index contributed by atoms with van der Waals surface area (Å²) in [5, 5.41) is 0. The molecule has 2 atom stereocenters. The number of methoxy groups -OCH3 is 1. The molecule has 72 valence electrons. The van der Waals surface area contributed by atoms with E-state index in [4.69, 9.17) is 15.2 Å². The number of hydrogen-bond acceptors (Lipinski definition) is 3. The predicted molar refractivity (Wildman–Crippen MR) is 51.5 cm³/mol. The first-order valence-corrected chi connectivity index (χ1v) is 4.24. The largest absolute Gasteiger partial charge is 0.473 e. The molecular formula is C10H15NO2. The normalized spacial score (nSPS) is 15.0. The van der Waals surface area contributed by atoms with Crippen molar-refractivity contribution in [3.63, 3.8) is 0 Å². The SMILES string of the molecule is COC(C)C(N)Oc1ccccc1. The minimum absolute atomic E-state index is 0.111. The predicted octanol–water partition coefficient (Wildman–Crippen LogP) is 1.39. The highest BCUT2D eigenvalue weighted by molar-refractivity contribution is 5.21. The summed E-state index contributed by atoms with van der Waals surface area (Å²) in [6, 6.07) is 9.46. The molecule has 0 radical (unpaired) electrons. The maximum Gasteiger partial charge on any atom is 0.173 e. The lowest BCUT2D eigenvalue weighted by Gasteiger charge is -2.19. The third-order valence-corrected chi connectivity index (χ3v) is 1.85. The molecule has 1 aromatic rings. The van der Waals surface area contributed by atoms with Gasteiger partial charge in [-0.25, -0.2) is 0 Å². The molecule has 0 heterocycles. The Balaban J connectivity index is 2.50. The highest BCUT2D eigenvalue weighted by Gasteiger charge is 2.12. The zero-order chi connectivity index (χ0) is 9.68. The number of nitrogens with two attached hydrogens (primary N) is 1. The van der Waals surface area contributed by atoms with E-state index in [2.05, 4.69) is 0 Å². The van der Waals surface area contributed by atoms with Gasteiger partial charge in [0.1, 0.15) is 11.9 Å². The van der Waals surface area contributed by atoms with Crippen LogP contribution in [0.25, 0.3) is 0 Å². The zero-order valence-electron chi connectivity index (χ0n) is 7.94. The van der Waals surface area contributed by atoms with Crippen LogP contribution in [0.2, 0.25) is 0 Å². The van der Waals surface area contributed by atoms with Gasteiger partial charge in [-0.2, -0.15) is 0 Å². The second-order valence-electron chi connectivity index (χ2n) is 2.84. The van der Waals surface area contributed by atoms with E-state index >= 15 is 0 Å². The van der Waals surface area contributed by atoms with Crippen molar-refractivity contribution < 1.29 is 9.47 Å². The Kier molecular flexibility index (Phi) is 3.73. The quantitative estimate of drug-likeness (QED) is 0.714. The third kappa shape index (κ3) is 3.05. The monoisotopic (exact) mass is 181 g/mol. The highest BCUT2D eigenvalue weighted by atomic mass is 16.5. The van der Waals surface area contributed by atoms with Gasteiger partial charge < -0.3 is 9.47 Å². The van der Waals surface area contributed by atoms with Crippen molar-refractivity contribution >= 4 is 0 Å². The molecule has 1 aromatic carbocycles. The van der Waals surface area contributed by atoms with Crippen LogP contribution in [0.3, 0.4) is 0 Å². The molecule has 0 fully saturated rings. The van der Waals surface area contributed by atoms with Gasteiger partial charge in [0.25, 0.3) is 0 Å². The van der Waals surface area contributed by atoms with E-state index in [1.165, 1.54) is 0 Å². The van der Waals surface area contributed by atoms with Crippen LogP contribution in [0.4, 0.5) is 0 Å². The van der Waals surface area contributed by atoms with Gasteiger partial charge >= 0.3 is 0 Å². The van der Waals surface area contributed by atoms with Gasteiger partial charge in [0.15, 0.2) is 6.23 Å². The molecule has 3 nitrogen and oxygen atoms in total. The molecule has 0 aliphatic carbocycles. The summed E-state index contributed by atoms with van der Waals surface area (Å²) in [5.74, 6) is 0.763. The minimum atomic E-state index is -0.424. The first-order chi connectivity index (χ1) is 6.24. The molecule has 0 aliphatic heterocycles. The molecule has 0 aliphatic rings. The Morgan fingerprint density at radius 3 is 2.38 bits per heavy atom. The van der Waals surface area contributed by atoms with E-state index in [-0.39, 0.29) is 6.10 Å². The molecular weight excluding hydrogens is 166 g/mol. The highest BCUT2D eigenvalue weighted by Crippen LogP contribution is 2.10. The lowest BCUT2D eigenvalue weighted by atomic mass is 10.3. The molecule has 3 heteroatoms. The minimum Gasteiger partial charge on any atom is -0.473 e. The maximum atomic E-state index is 5.71. The van der Waals surface area contributed by atoms with Crippen molar-refractivity contribution in [2.75, 3.05) is 7.11 Å². The molecule has 0 saturated heterocycles. The summed E-state index contributed by atoms with van der Waals surface area (Å²) in [5.41, 5.74) is 5.71. The lowest BCUT2D eigenvalue weighted by Crippen LogP contribution is -2.39. The van der Waals surface area contributed by atoms with E-state index in [0.29, 0.717) is 0 Å². The van der Waals surface area contributed by atoms with Gasteiger partial charge in [-0.1, -0.05) is 18.2 Å². The van der Waals surface area contributed by atoms with Crippen molar-refractivity contribution in [1.29, 1.82) is 0 Å². The van der Waals surface area contributed by atoms with Crippen molar-refractivity contribution in [3.05, 3.63) is 30.3 Å². The summed E-state index contributed by atoms with van der Waals surface area (Å²) in [6.45, 7) is 1.87. The van der Waals surface area contributed by atoms with Crippen molar-refractivity contribution in [2.24, 2.45) is 5.73 Å². The Bertz CT molecular complexity index is 238. The van der Waals surface area contributed by atoms with E-state index in [0.717, 1.165) is 5.75 Å². The van der Waals surface area contributed by atoms with E-state index in [9.17, 15) is 0 Å². The summed E-state index contributed by atoms with van der Waals surface area (Å²) in [7, 11) is 1.61. The molecule has 0 amide bonds. The average molecular weight is 181 g/mol. The van der Waals surface area contributed by atoms with Crippen LogP contribution < -0.4 is 10.5 Å². The first kappa shape index (κ1) is 10.0. The molecule has 1 rings (SSSR count). The Morgan fingerprint density at radius 2 is 1.85 bits per heavy atom. The Morgan fingerprint density at radius 1 is 1.23 bits per heavy atom. The topological polar surface area (TPSA) is 44.5 Å². The smallest absolute Gasteiger partial charge is 0.173 e. The standard InChI is InChI=1S/C10H15NO2/c1-8(12-2)10(11)13-9-6-4-3-5-7-9/h3-8,10H,11H2,1-2H3. The van der Waals surface area contributed by atoms with Crippen molar-refractivity contribution in [1.82, 2.24) is 0 Å². The summed E-state index contributed by atoms with van der Waals surface area (Å²) in [6.07, 6.45) is -0.535. The number of benzene rings is 1. The Labute approximate surface area is 78.5 Å². The second-order valence-corrected chi connectivity index (χ2v) is 2.84. The van der Waals surface area contributed by atoms with E-state index in [1.807, 2.05) is 37.3 Å². The van der Waals surface area contributed by atoms with Crippen LogP contribution in [0, 0.1) is 0 Å². The zero-order valence-corrected chi connectivity index (χ0v) is 7.94. The average Bonchev–Trinajstić information content (AvgIpc) is 2.18. The maximum absolute atomic E-state index is 5.71. The van der Waals surface area contributed by atoms with Crippen molar-refractivity contribution in [3.8, 4) is 5.75 Å². The Hall–Kier alpha value is -1.06. The summed E-state index contributed by atoms with van der Waals surface area (Å²) in [4.78, 5) is 0. The van der Waals surface area contributed by atoms with Gasteiger partial charge in [0.2, 0.25) is 0 Å². The van der Waals surface area contributed by atoms with Crippen LogP contribution >= 0.6 is 0 Å². The van der Waals surface area contributed by atoms with Crippen LogP contribution in [0.1, 0.15) is 6.92 Å². The summed E-state index contributed by atoms with van der Waals surface area (Å²) < 4.78 is 10.5. The van der Waals surface area contributed by atoms with Crippen LogP contribution in [0.15, 0.2) is 30.3 Å². The lowest BCUT2D eigenvalue weighted by molar-refractivity contribution is 0.0172. The fraction of sp³-hybridized carbons (Fsp3) is 0.400. The molecule has 0 spiro atoms. The van der Waals surface area contributed by atoms with Gasteiger partial charge in [-0.05, 0) is 19.1 Å². The van der Waals surface area contributed by atoms with Crippen LogP contribution in [0.5, 0.6) is 5.75 Å². The summed E-state index contributed by atoms with van der Waals surface area (Å²) >= 11 is 0.